The van der Waals surface area contributed by atoms with Crippen LogP contribution < -0.4 is 4.90 Å². The van der Waals surface area contributed by atoms with Gasteiger partial charge in [-0.2, -0.15) is 4.98 Å². The number of carboxylic acid groups (broad SMARTS) is 1. The summed E-state index contributed by atoms with van der Waals surface area (Å²) in [4.78, 5) is 16.2. The van der Waals surface area contributed by atoms with Crippen molar-refractivity contribution in [3.8, 4) is 0 Å². The van der Waals surface area contributed by atoms with E-state index in [4.69, 9.17) is 9.52 Å². The number of hydrogen-bond donors (Lipinski definition) is 1. The van der Waals surface area contributed by atoms with Crippen LogP contribution in [0.2, 0.25) is 0 Å². The highest BCUT2D eigenvalue weighted by Gasteiger charge is 2.13. The van der Waals surface area contributed by atoms with E-state index in [0.29, 0.717) is 11.9 Å². The number of aromatic carboxylic acids is 1. The van der Waals surface area contributed by atoms with Gasteiger partial charge in [0, 0.05) is 13.6 Å². The summed E-state index contributed by atoms with van der Waals surface area (Å²) in [6.07, 6.45) is 2.17. The molecule has 5 heteroatoms. The molecule has 5 nitrogen and oxygen atoms in total. The molecule has 1 N–H and O–H groups in total. The molecule has 0 saturated heterocycles. The molecule has 0 aromatic carbocycles. The minimum absolute atomic E-state index is 0.0543. The average molecular weight is 212 g/mol. The summed E-state index contributed by atoms with van der Waals surface area (Å²) in [6, 6.07) is 0.355. The number of anilines is 1. The van der Waals surface area contributed by atoms with Gasteiger partial charge in [0.2, 0.25) is 0 Å². The highest BCUT2D eigenvalue weighted by Crippen LogP contribution is 2.13. The summed E-state index contributed by atoms with van der Waals surface area (Å²) in [5, 5.41) is 8.66. The maximum absolute atomic E-state index is 10.6. The average Bonchev–Trinajstić information content (AvgIpc) is 2.62. The maximum atomic E-state index is 10.6. The minimum atomic E-state index is -1.07. The van der Waals surface area contributed by atoms with Gasteiger partial charge in [0.15, 0.2) is 5.69 Å². The van der Waals surface area contributed by atoms with Crippen molar-refractivity contribution >= 4 is 12.0 Å². The molecule has 0 aliphatic carbocycles. The van der Waals surface area contributed by atoms with Crippen LogP contribution in [0.5, 0.6) is 0 Å². The van der Waals surface area contributed by atoms with Gasteiger partial charge < -0.3 is 14.4 Å². The van der Waals surface area contributed by atoms with E-state index < -0.39 is 5.97 Å². The van der Waals surface area contributed by atoms with Gasteiger partial charge in [-0.15, -0.1) is 0 Å². The van der Waals surface area contributed by atoms with Crippen LogP contribution in [0, 0.1) is 5.92 Å². The van der Waals surface area contributed by atoms with E-state index >= 15 is 0 Å². The molecule has 0 bridgehead atoms. The topological polar surface area (TPSA) is 66.6 Å². The lowest BCUT2D eigenvalue weighted by Gasteiger charge is -2.15. The molecule has 1 heterocycles. The van der Waals surface area contributed by atoms with Crippen LogP contribution in [0.15, 0.2) is 10.7 Å². The third-order valence-corrected chi connectivity index (χ3v) is 2.08. The molecule has 0 unspecified atom stereocenters. The standard InChI is InChI=1S/C10H16N2O3/c1-7(2)4-5-12(3)10-11-8(6-15-10)9(13)14/h6-7H,4-5H2,1-3H3,(H,13,14). The first kappa shape index (κ1) is 11.6. The molecule has 0 aliphatic rings. The third kappa shape index (κ3) is 3.27. The number of nitrogens with zero attached hydrogens (tertiary/aromatic N) is 2. The SMILES string of the molecule is CC(C)CCN(C)c1nc(C(=O)O)co1. The van der Waals surface area contributed by atoms with E-state index in [-0.39, 0.29) is 5.69 Å². The van der Waals surface area contributed by atoms with Gasteiger partial charge in [0.25, 0.3) is 6.01 Å². The molecule has 0 spiro atoms. The normalized spacial score (nSPS) is 10.7. The fraction of sp³-hybridized carbons (Fsp3) is 0.600. The number of hydrogen-bond acceptors (Lipinski definition) is 4. The molecule has 15 heavy (non-hydrogen) atoms. The minimum Gasteiger partial charge on any atom is -0.476 e. The number of rotatable bonds is 5. The number of aromatic nitrogens is 1. The van der Waals surface area contributed by atoms with Gasteiger partial charge in [-0.05, 0) is 12.3 Å². The summed E-state index contributed by atoms with van der Waals surface area (Å²) in [7, 11) is 1.83. The van der Waals surface area contributed by atoms with Crippen LogP contribution in [0.25, 0.3) is 0 Å². The van der Waals surface area contributed by atoms with Crippen molar-refractivity contribution in [2.75, 3.05) is 18.5 Å². The van der Waals surface area contributed by atoms with Crippen LogP contribution >= 0.6 is 0 Å². The summed E-state index contributed by atoms with van der Waals surface area (Å²) in [5.41, 5.74) is -0.0543. The summed E-state index contributed by atoms with van der Waals surface area (Å²) in [5.74, 6) is -0.469. The zero-order valence-corrected chi connectivity index (χ0v) is 9.23. The lowest BCUT2D eigenvalue weighted by atomic mass is 10.1. The maximum Gasteiger partial charge on any atom is 0.357 e. The largest absolute Gasteiger partial charge is 0.476 e. The van der Waals surface area contributed by atoms with E-state index in [9.17, 15) is 4.79 Å². The van der Waals surface area contributed by atoms with Crippen molar-refractivity contribution in [3.63, 3.8) is 0 Å². The molecule has 0 radical (unpaired) electrons. The van der Waals surface area contributed by atoms with Crippen LogP contribution in [0.1, 0.15) is 30.8 Å². The predicted octanol–water partition coefficient (Wildman–Crippen LogP) is 1.86. The molecule has 0 saturated carbocycles. The Hall–Kier alpha value is -1.52. The third-order valence-electron chi connectivity index (χ3n) is 2.08. The Morgan fingerprint density at radius 3 is 2.80 bits per heavy atom. The second-order valence-corrected chi connectivity index (χ2v) is 3.92. The van der Waals surface area contributed by atoms with E-state index in [1.165, 1.54) is 0 Å². The zero-order valence-electron chi connectivity index (χ0n) is 9.23. The van der Waals surface area contributed by atoms with Crippen LogP contribution in [-0.2, 0) is 0 Å². The fourth-order valence-electron chi connectivity index (χ4n) is 1.09. The van der Waals surface area contributed by atoms with Crippen LogP contribution in [0.4, 0.5) is 6.01 Å². The molecule has 0 aliphatic heterocycles. The highest BCUT2D eigenvalue weighted by atomic mass is 16.4. The lowest BCUT2D eigenvalue weighted by Crippen LogP contribution is -2.20. The molecule has 1 aromatic rings. The zero-order chi connectivity index (χ0) is 11.4. The van der Waals surface area contributed by atoms with Gasteiger partial charge in [-0.25, -0.2) is 4.79 Å². The summed E-state index contributed by atoms with van der Waals surface area (Å²) < 4.78 is 5.05. The second-order valence-electron chi connectivity index (χ2n) is 3.92. The molecule has 1 aromatic heterocycles. The Morgan fingerprint density at radius 1 is 1.67 bits per heavy atom. The summed E-state index contributed by atoms with van der Waals surface area (Å²) >= 11 is 0. The van der Waals surface area contributed by atoms with Crippen molar-refractivity contribution in [3.05, 3.63) is 12.0 Å². The van der Waals surface area contributed by atoms with Gasteiger partial charge >= 0.3 is 5.97 Å². The van der Waals surface area contributed by atoms with Crippen molar-refractivity contribution in [2.45, 2.75) is 20.3 Å². The Balaban J connectivity index is 2.58. The van der Waals surface area contributed by atoms with Crippen molar-refractivity contribution in [1.29, 1.82) is 0 Å². The second kappa shape index (κ2) is 4.82. The monoisotopic (exact) mass is 212 g/mol. The first-order chi connectivity index (χ1) is 7.00. The number of carboxylic acids is 1. The fourth-order valence-corrected chi connectivity index (χ4v) is 1.09. The molecular weight excluding hydrogens is 196 g/mol. The van der Waals surface area contributed by atoms with Crippen LogP contribution in [0.3, 0.4) is 0 Å². The summed E-state index contributed by atoms with van der Waals surface area (Å²) in [6.45, 7) is 5.06. The lowest BCUT2D eigenvalue weighted by molar-refractivity contribution is 0.0690. The number of carbonyl (C=O) groups is 1. The van der Waals surface area contributed by atoms with Gasteiger partial charge in [-0.3, -0.25) is 0 Å². The highest BCUT2D eigenvalue weighted by molar-refractivity contribution is 5.85. The van der Waals surface area contributed by atoms with Crippen molar-refractivity contribution in [1.82, 2.24) is 4.98 Å². The Labute approximate surface area is 88.7 Å². The first-order valence-electron chi connectivity index (χ1n) is 4.90. The molecular formula is C10H16N2O3. The Morgan fingerprint density at radius 2 is 2.33 bits per heavy atom. The molecule has 0 atom stereocenters. The van der Waals surface area contributed by atoms with E-state index in [2.05, 4.69) is 18.8 Å². The van der Waals surface area contributed by atoms with Gasteiger partial charge in [0.05, 0.1) is 0 Å². The van der Waals surface area contributed by atoms with Gasteiger partial charge in [-0.1, -0.05) is 13.8 Å². The molecule has 84 valence electrons. The van der Waals surface area contributed by atoms with E-state index in [1.807, 2.05) is 11.9 Å². The molecule has 1 rings (SSSR count). The Bertz CT molecular complexity index is 333. The number of oxazole rings is 1. The smallest absolute Gasteiger partial charge is 0.357 e. The first-order valence-corrected chi connectivity index (χ1v) is 4.90. The Kier molecular flexibility index (Phi) is 3.71. The van der Waals surface area contributed by atoms with Crippen LogP contribution in [-0.4, -0.2) is 29.7 Å². The van der Waals surface area contributed by atoms with E-state index in [0.717, 1.165) is 19.2 Å². The molecule has 0 amide bonds. The quantitative estimate of drug-likeness (QED) is 0.806. The van der Waals surface area contributed by atoms with Crippen molar-refractivity contribution < 1.29 is 14.3 Å². The van der Waals surface area contributed by atoms with Crippen molar-refractivity contribution in [2.24, 2.45) is 5.92 Å². The molecule has 0 fully saturated rings. The van der Waals surface area contributed by atoms with E-state index in [1.54, 1.807) is 0 Å². The predicted molar refractivity (Wildman–Crippen MR) is 56.2 cm³/mol. The van der Waals surface area contributed by atoms with Gasteiger partial charge in [0.1, 0.15) is 6.26 Å².